The van der Waals surface area contributed by atoms with Crippen molar-refractivity contribution >= 4 is 38.3 Å². The van der Waals surface area contributed by atoms with E-state index in [1.165, 1.54) is 6.07 Å². The van der Waals surface area contributed by atoms with E-state index in [1.54, 1.807) is 12.1 Å². The summed E-state index contributed by atoms with van der Waals surface area (Å²) in [5, 5.41) is 4.74. The standard InChI is InChI=1S/C18H13BrFNO/c19-14-8-9-17(16(20)11-14)21-18(22)10-13-6-3-5-12-4-1-2-7-15(12)13/h1-9,11H,10H2,(H,21,22). The molecule has 0 fully saturated rings. The molecule has 0 heterocycles. The lowest BCUT2D eigenvalue weighted by Gasteiger charge is -2.09. The van der Waals surface area contributed by atoms with Gasteiger partial charge in [-0.15, -0.1) is 0 Å². The molecule has 3 rings (SSSR count). The first-order valence-electron chi connectivity index (χ1n) is 6.85. The van der Waals surface area contributed by atoms with Crippen molar-refractivity contribution in [1.82, 2.24) is 0 Å². The Hall–Kier alpha value is -2.20. The first-order valence-corrected chi connectivity index (χ1v) is 7.64. The molecule has 0 aromatic heterocycles. The molecular formula is C18H13BrFNO. The number of carbonyl (C=O) groups is 1. The number of benzene rings is 3. The largest absolute Gasteiger partial charge is 0.323 e. The fourth-order valence-electron chi connectivity index (χ4n) is 2.40. The second-order valence-electron chi connectivity index (χ2n) is 4.99. The van der Waals surface area contributed by atoms with Crippen LogP contribution in [0.4, 0.5) is 10.1 Å². The Morgan fingerprint density at radius 1 is 1.05 bits per heavy atom. The molecule has 2 nitrogen and oxygen atoms in total. The van der Waals surface area contributed by atoms with Gasteiger partial charge in [-0.1, -0.05) is 58.4 Å². The highest BCUT2D eigenvalue weighted by atomic mass is 79.9. The molecule has 0 unspecified atom stereocenters. The number of hydrogen-bond acceptors (Lipinski definition) is 1. The lowest BCUT2D eigenvalue weighted by Crippen LogP contribution is -2.15. The first-order chi connectivity index (χ1) is 10.6. The monoisotopic (exact) mass is 357 g/mol. The molecule has 0 saturated heterocycles. The van der Waals surface area contributed by atoms with Crippen LogP contribution in [0.25, 0.3) is 10.8 Å². The Morgan fingerprint density at radius 2 is 1.82 bits per heavy atom. The van der Waals surface area contributed by atoms with E-state index < -0.39 is 5.82 Å². The highest BCUT2D eigenvalue weighted by Gasteiger charge is 2.10. The molecule has 1 N–H and O–H groups in total. The summed E-state index contributed by atoms with van der Waals surface area (Å²) in [5.74, 6) is -0.696. The van der Waals surface area contributed by atoms with Crippen LogP contribution >= 0.6 is 15.9 Å². The molecule has 22 heavy (non-hydrogen) atoms. The van der Waals surface area contributed by atoms with Crippen molar-refractivity contribution in [2.75, 3.05) is 5.32 Å². The van der Waals surface area contributed by atoms with Gasteiger partial charge in [0.25, 0.3) is 0 Å². The zero-order chi connectivity index (χ0) is 15.5. The lowest BCUT2D eigenvalue weighted by atomic mass is 10.0. The first kappa shape index (κ1) is 14.7. The average molecular weight is 358 g/mol. The van der Waals surface area contributed by atoms with Crippen molar-refractivity contribution in [2.24, 2.45) is 0 Å². The quantitative estimate of drug-likeness (QED) is 0.707. The predicted octanol–water partition coefficient (Wildman–Crippen LogP) is 4.92. The summed E-state index contributed by atoms with van der Waals surface area (Å²) in [6.07, 6.45) is 0.205. The third-order valence-corrected chi connectivity index (χ3v) is 3.93. The predicted molar refractivity (Wildman–Crippen MR) is 90.4 cm³/mol. The van der Waals surface area contributed by atoms with Gasteiger partial charge < -0.3 is 5.32 Å². The summed E-state index contributed by atoms with van der Waals surface area (Å²) in [6.45, 7) is 0. The minimum atomic E-state index is -0.458. The maximum atomic E-state index is 13.8. The molecule has 0 aliphatic carbocycles. The van der Waals surface area contributed by atoms with Crippen LogP contribution in [0.2, 0.25) is 0 Å². The Kier molecular flexibility index (Phi) is 4.20. The van der Waals surface area contributed by atoms with Crippen LogP contribution in [-0.2, 0) is 11.2 Å². The molecule has 0 saturated carbocycles. The minimum Gasteiger partial charge on any atom is -0.323 e. The van der Waals surface area contributed by atoms with Gasteiger partial charge in [-0.25, -0.2) is 4.39 Å². The minimum absolute atomic E-state index is 0.188. The molecule has 4 heteroatoms. The molecule has 0 bridgehead atoms. The third kappa shape index (κ3) is 3.17. The summed E-state index contributed by atoms with van der Waals surface area (Å²) in [4.78, 5) is 12.2. The number of fused-ring (bicyclic) bond motifs is 1. The fraction of sp³-hybridized carbons (Fsp3) is 0.0556. The smallest absolute Gasteiger partial charge is 0.228 e. The van der Waals surface area contributed by atoms with Crippen molar-refractivity contribution in [3.8, 4) is 0 Å². The molecule has 0 aliphatic heterocycles. The number of hydrogen-bond donors (Lipinski definition) is 1. The zero-order valence-corrected chi connectivity index (χ0v) is 13.2. The van der Waals surface area contributed by atoms with Crippen LogP contribution in [0.1, 0.15) is 5.56 Å². The van der Waals surface area contributed by atoms with Crippen LogP contribution in [0, 0.1) is 5.82 Å². The zero-order valence-electron chi connectivity index (χ0n) is 11.6. The van der Waals surface area contributed by atoms with Gasteiger partial charge in [0.2, 0.25) is 5.91 Å². The number of rotatable bonds is 3. The van der Waals surface area contributed by atoms with Crippen LogP contribution in [0.5, 0.6) is 0 Å². The summed E-state index contributed by atoms with van der Waals surface area (Å²) >= 11 is 3.19. The normalized spacial score (nSPS) is 10.6. The maximum absolute atomic E-state index is 13.8. The SMILES string of the molecule is O=C(Cc1cccc2ccccc12)Nc1ccc(Br)cc1F. The topological polar surface area (TPSA) is 29.1 Å². The van der Waals surface area contributed by atoms with Crippen molar-refractivity contribution < 1.29 is 9.18 Å². The van der Waals surface area contributed by atoms with Crippen LogP contribution < -0.4 is 5.32 Å². The molecule has 0 radical (unpaired) electrons. The van der Waals surface area contributed by atoms with Gasteiger partial charge in [-0.3, -0.25) is 4.79 Å². The van der Waals surface area contributed by atoms with Crippen molar-refractivity contribution in [1.29, 1.82) is 0 Å². The van der Waals surface area contributed by atoms with Crippen LogP contribution in [0.15, 0.2) is 65.1 Å². The van der Waals surface area contributed by atoms with Crippen molar-refractivity contribution in [3.63, 3.8) is 0 Å². The van der Waals surface area contributed by atoms with E-state index in [1.807, 2.05) is 42.5 Å². The van der Waals surface area contributed by atoms with Gasteiger partial charge in [-0.2, -0.15) is 0 Å². The van der Waals surface area contributed by atoms with Crippen LogP contribution in [0.3, 0.4) is 0 Å². The number of amides is 1. The molecule has 0 aliphatic rings. The van der Waals surface area contributed by atoms with Gasteiger partial charge in [-0.05, 0) is 34.5 Å². The fourth-order valence-corrected chi connectivity index (χ4v) is 2.74. The van der Waals surface area contributed by atoms with E-state index in [0.29, 0.717) is 4.47 Å². The molecule has 0 atom stereocenters. The van der Waals surface area contributed by atoms with Crippen molar-refractivity contribution in [2.45, 2.75) is 6.42 Å². The molecule has 110 valence electrons. The molecule has 3 aromatic rings. The van der Waals surface area contributed by atoms with Gasteiger partial charge in [0.1, 0.15) is 5.82 Å². The Morgan fingerprint density at radius 3 is 2.64 bits per heavy atom. The highest BCUT2D eigenvalue weighted by molar-refractivity contribution is 9.10. The number of halogens is 2. The average Bonchev–Trinajstić information content (AvgIpc) is 2.50. The van der Waals surface area contributed by atoms with E-state index in [9.17, 15) is 9.18 Å². The highest BCUT2D eigenvalue weighted by Crippen LogP contribution is 2.21. The van der Waals surface area contributed by atoms with Gasteiger partial charge in [0.15, 0.2) is 0 Å². The van der Waals surface area contributed by atoms with E-state index in [-0.39, 0.29) is 18.0 Å². The van der Waals surface area contributed by atoms with Gasteiger partial charge >= 0.3 is 0 Å². The van der Waals surface area contributed by atoms with Crippen molar-refractivity contribution in [3.05, 3.63) is 76.5 Å². The summed E-state index contributed by atoms with van der Waals surface area (Å²) in [7, 11) is 0. The lowest BCUT2D eigenvalue weighted by molar-refractivity contribution is -0.115. The van der Waals surface area contributed by atoms with Crippen LogP contribution in [-0.4, -0.2) is 5.91 Å². The Labute approximate surface area is 136 Å². The van der Waals surface area contributed by atoms with Gasteiger partial charge in [0, 0.05) is 4.47 Å². The molecule has 3 aromatic carbocycles. The molecule has 1 amide bonds. The third-order valence-electron chi connectivity index (χ3n) is 3.44. The summed E-state index contributed by atoms with van der Waals surface area (Å²) in [5.41, 5.74) is 1.11. The van der Waals surface area contributed by atoms with E-state index in [2.05, 4.69) is 21.2 Å². The second kappa shape index (κ2) is 6.28. The molecule has 0 spiro atoms. The Bertz CT molecular complexity index is 842. The summed E-state index contributed by atoms with van der Waals surface area (Å²) < 4.78 is 14.4. The van der Waals surface area contributed by atoms with E-state index >= 15 is 0 Å². The second-order valence-corrected chi connectivity index (χ2v) is 5.90. The summed E-state index contributed by atoms with van der Waals surface area (Å²) in [6, 6.07) is 18.3. The number of nitrogens with one attached hydrogen (secondary N) is 1. The number of carbonyl (C=O) groups excluding carboxylic acids is 1. The molecular weight excluding hydrogens is 345 g/mol. The van der Waals surface area contributed by atoms with E-state index in [4.69, 9.17) is 0 Å². The number of anilines is 1. The Balaban J connectivity index is 1.81. The van der Waals surface area contributed by atoms with Gasteiger partial charge in [0.05, 0.1) is 12.1 Å². The van der Waals surface area contributed by atoms with E-state index in [0.717, 1.165) is 16.3 Å². The maximum Gasteiger partial charge on any atom is 0.228 e.